The molecule has 0 N–H and O–H groups in total. The zero-order valence-electron chi connectivity index (χ0n) is 9.97. The lowest BCUT2D eigenvalue weighted by Gasteiger charge is -2.34. The summed E-state index contributed by atoms with van der Waals surface area (Å²) in [7, 11) is 1.61. The minimum Gasteiger partial charge on any atom is -0.480 e. The number of rotatable bonds is 4. The smallest absolute Gasteiger partial charge is 0.233 e. The normalized spacial score (nSPS) is 17.2. The molecule has 1 aliphatic rings. The van der Waals surface area contributed by atoms with Gasteiger partial charge in [0, 0.05) is 38.1 Å². The molecule has 2 heterocycles. The van der Waals surface area contributed by atoms with Gasteiger partial charge in [0.25, 0.3) is 0 Å². The molecule has 0 radical (unpaired) electrons. The second-order valence-corrected chi connectivity index (χ2v) is 4.73. The first-order valence-electron chi connectivity index (χ1n) is 5.73. The summed E-state index contributed by atoms with van der Waals surface area (Å²) in [5.41, 5.74) is 0. The van der Waals surface area contributed by atoms with Crippen LogP contribution in [0.25, 0.3) is 0 Å². The predicted molar refractivity (Wildman–Crippen MR) is 71.0 cm³/mol. The minimum absolute atomic E-state index is 0.574. The second-order valence-electron chi connectivity index (χ2n) is 3.94. The van der Waals surface area contributed by atoms with E-state index in [4.69, 9.17) is 4.74 Å². The fraction of sp³-hybridized carbons (Fsp3) is 0.636. The Morgan fingerprint density at radius 3 is 2.71 bits per heavy atom. The monoisotopic (exact) mass is 300 g/mol. The van der Waals surface area contributed by atoms with E-state index < -0.39 is 0 Å². The summed E-state index contributed by atoms with van der Waals surface area (Å²) in [6.45, 7) is 5.25. The Labute approximate surface area is 110 Å². The lowest BCUT2D eigenvalue weighted by atomic mass is 10.3. The molecule has 0 aliphatic carbocycles. The van der Waals surface area contributed by atoms with E-state index in [1.807, 2.05) is 0 Å². The van der Waals surface area contributed by atoms with Crippen LogP contribution in [0.5, 0.6) is 5.88 Å². The molecule has 0 aromatic carbocycles. The van der Waals surface area contributed by atoms with E-state index in [0.717, 1.165) is 43.9 Å². The molecular weight excluding hydrogens is 284 g/mol. The van der Waals surface area contributed by atoms with Crippen LogP contribution < -0.4 is 9.64 Å². The van der Waals surface area contributed by atoms with Gasteiger partial charge >= 0.3 is 0 Å². The van der Waals surface area contributed by atoms with Crippen LogP contribution in [0.3, 0.4) is 0 Å². The summed E-state index contributed by atoms with van der Waals surface area (Å²) in [5.74, 6) is 1.48. The number of anilines is 1. The summed E-state index contributed by atoms with van der Waals surface area (Å²) in [5, 5.41) is 1.03. The van der Waals surface area contributed by atoms with E-state index in [-0.39, 0.29) is 0 Å². The highest BCUT2D eigenvalue weighted by molar-refractivity contribution is 9.09. The van der Waals surface area contributed by atoms with E-state index in [9.17, 15) is 0 Å². The maximum absolute atomic E-state index is 5.09. The van der Waals surface area contributed by atoms with Gasteiger partial charge in [-0.3, -0.25) is 9.88 Å². The molecule has 17 heavy (non-hydrogen) atoms. The number of hydrogen-bond donors (Lipinski definition) is 0. The number of hydrogen-bond acceptors (Lipinski definition) is 5. The zero-order chi connectivity index (χ0) is 12.1. The number of nitrogens with zero attached hydrogens (tertiary/aromatic N) is 4. The third-order valence-corrected chi connectivity index (χ3v) is 3.26. The van der Waals surface area contributed by atoms with Gasteiger partial charge in [-0.1, -0.05) is 15.9 Å². The molecule has 1 fully saturated rings. The van der Waals surface area contributed by atoms with Gasteiger partial charge < -0.3 is 9.64 Å². The lowest BCUT2D eigenvalue weighted by molar-refractivity contribution is 0.273. The highest BCUT2D eigenvalue weighted by Gasteiger charge is 2.17. The van der Waals surface area contributed by atoms with Crippen molar-refractivity contribution in [3.63, 3.8) is 0 Å². The maximum Gasteiger partial charge on any atom is 0.233 e. The summed E-state index contributed by atoms with van der Waals surface area (Å²) in [6, 6.07) is 0. The molecule has 0 saturated carbocycles. The van der Waals surface area contributed by atoms with Crippen molar-refractivity contribution in [2.24, 2.45) is 0 Å². The number of alkyl halides is 1. The second kappa shape index (κ2) is 6.16. The number of piperazine rings is 1. The summed E-state index contributed by atoms with van der Waals surface area (Å²) in [6.07, 6.45) is 3.42. The number of halogens is 1. The molecule has 5 nitrogen and oxygen atoms in total. The molecule has 6 heteroatoms. The Bertz CT molecular complexity index is 355. The molecular formula is C11H17BrN4O. The van der Waals surface area contributed by atoms with E-state index in [1.54, 1.807) is 19.5 Å². The first-order chi connectivity index (χ1) is 8.33. The molecule has 1 aromatic heterocycles. The van der Waals surface area contributed by atoms with Crippen LogP contribution in [0, 0.1) is 0 Å². The third kappa shape index (κ3) is 3.29. The first kappa shape index (κ1) is 12.6. The SMILES string of the molecule is COc1cncc(N2CCN(CCBr)CC2)n1. The van der Waals surface area contributed by atoms with Crippen LogP contribution in [0.15, 0.2) is 12.4 Å². The largest absolute Gasteiger partial charge is 0.480 e. The van der Waals surface area contributed by atoms with Crippen molar-refractivity contribution in [1.29, 1.82) is 0 Å². The van der Waals surface area contributed by atoms with Gasteiger partial charge in [-0.25, -0.2) is 0 Å². The molecule has 1 aromatic rings. The van der Waals surface area contributed by atoms with Gasteiger partial charge in [0.2, 0.25) is 5.88 Å². The topological polar surface area (TPSA) is 41.5 Å². The Hall–Kier alpha value is -0.880. The van der Waals surface area contributed by atoms with Crippen molar-refractivity contribution in [2.75, 3.05) is 50.1 Å². The van der Waals surface area contributed by atoms with Crippen LogP contribution in [0.4, 0.5) is 5.82 Å². The van der Waals surface area contributed by atoms with Gasteiger partial charge in [-0.05, 0) is 0 Å². The van der Waals surface area contributed by atoms with Gasteiger partial charge in [-0.2, -0.15) is 4.98 Å². The summed E-state index contributed by atoms with van der Waals surface area (Å²) in [4.78, 5) is 13.2. The van der Waals surface area contributed by atoms with Crippen LogP contribution in [-0.2, 0) is 0 Å². The number of ether oxygens (including phenoxy) is 1. The van der Waals surface area contributed by atoms with Crippen LogP contribution >= 0.6 is 15.9 Å². The molecule has 0 bridgehead atoms. The van der Waals surface area contributed by atoms with E-state index in [1.165, 1.54) is 0 Å². The predicted octanol–water partition coefficient (Wildman–Crippen LogP) is 1.00. The Balaban J connectivity index is 1.95. The van der Waals surface area contributed by atoms with Crippen LogP contribution in [0.1, 0.15) is 0 Å². The van der Waals surface area contributed by atoms with E-state index in [2.05, 4.69) is 35.7 Å². The molecule has 0 spiro atoms. The highest BCUT2D eigenvalue weighted by atomic mass is 79.9. The van der Waals surface area contributed by atoms with Crippen molar-refractivity contribution in [3.8, 4) is 5.88 Å². The average molecular weight is 301 g/mol. The number of methoxy groups -OCH3 is 1. The third-order valence-electron chi connectivity index (χ3n) is 2.91. The number of aromatic nitrogens is 2. The standard InChI is InChI=1S/C11H17BrN4O/c1-17-11-9-13-8-10(14-11)16-6-4-15(3-2-12)5-7-16/h8-9H,2-7H2,1H3. The fourth-order valence-corrected chi connectivity index (χ4v) is 2.41. The molecule has 2 rings (SSSR count). The van der Waals surface area contributed by atoms with Crippen molar-refractivity contribution in [2.45, 2.75) is 0 Å². The molecule has 0 atom stereocenters. The molecule has 0 unspecified atom stereocenters. The highest BCUT2D eigenvalue weighted by Crippen LogP contribution is 2.15. The zero-order valence-corrected chi connectivity index (χ0v) is 11.6. The Morgan fingerprint density at radius 2 is 2.06 bits per heavy atom. The molecule has 1 aliphatic heterocycles. The summed E-state index contributed by atoms with van der Waals surface area (Å²) >= 11 is 3.47. The van der Waals surface area contributed by atoms with E-state index >= 15 is 0 Å². The minimum atomic E-state index is 0.574. The first-order valence-corrected chi connectivity index (χ1v) is 6.85. The van der Waals surface area contributed by atoms with Crippen LogP contribution in [0.2, 0.25) is 0 Å². The Kier molecular flexibility index (Phi) is 4.56. The van der Waals surface area contributed by atoms with Gasteiger partial charge in [-0.15, -0.1) is 0 Å². The van der Waals surface area contributed by atoms with Crippen molar-refractivity contribution in [1.82, 2.24) is 14.9 Å². The van der Waals surface area contributed by atoms with Crippen molar-refractivity contribution in [3.05, 3.63) is 12.4 Å². The summed E-state index contributed by atoms with van der Waals surface area (Å²) < 4.78 is 5.09. The molecule has 94 valence electrons. The van der Waals surface area contributed by atoms with E-state index in [0.29, 0.717) is 5.88 Å². The van der Waals surface area contributed by atoms with Crippen molar-refractivity contribution >= 4 is 21.7 Å². The van der Waals surface area contributed by atoms with Gasteiger partial charge in [0.15, 0.2) is 5.82 Å². The molecule has 0 amide bonds. The fourth-order valence-electron chi connectivity index (χ4n) is 1.91. The quantitative estimate of drug-likeness (QED) is 0.776. The average Bonchev–Trinajstić information content (AvgIpc) is 2.40. The van der Waals surface area contributed by atoms with Crippen molar-refractivity contribution < 1.29 is 4.74 Å². The lowest BCUT2D eigenvalue weighted by Crippen LogP contribution is -2.47. The Morgan fingerprint density at radius 1 is 1.29 bits per heavy atom. The maximum atomic E-state index is 5.09. The van der Waals surface area contributed by atoms with Crippen LogP contribution in [-0.4, -0.2) is 60.0 Å². The van der Waals surface area contributed by atoms with Gasteiger partial charge in [0.05, 0.1) is 19.5 Å². The van der Waals surface area contributed by atoms with Gasteiger partial charge in [0.1, 0.15) is 0 Å². The molecule has 1 saturated heterocycles.